The van der Waals surface area contributed by atoms with Gasteiger partial charge in [-0.3, -0.25) is 0 Å². The molecule has 5 heteroatoms. The summed E-state index contributed by atoms with van der Waals surface area (Å²) < 4.78 is 0. The summed E-state index contributed by atoms with van der Waals surface area (Å²) in [6, 6.07) is 2.01. The Labute approximate surface area is 91.0 Å². The Morgan fingerprint density at radius 2 is 2.33 bits per heavy atom. The van der Waals surface area contributed by atoms with Crippen molar-refractivity contribution in [2.24, 2.45) is 0 Å². The normalized spacial score (nSPS) is 17.9. The van der Waals surface area contributed by atoms with E-state index in [0.717, 1.165) is 28.9 Å². The van der Waals surface area contributed by atoms with Gasteiger partial charge in [-0.05, 0) is 24.3 Å². The average molecular weight is 221 g/mol. The largest absolute Gasteiger partial charge is 0.394 e. The number of nitrogens with zero attached hydrogens (tertiary/aromatic N) is 2. The van der Waals surface area contributed by atoms with Gasteiger partial charge in [0.15, 0.2) is 0 Å². The summed E-state index contributed by atoms with van der Waals surface area (Å²) in [6.45, 7) is 0.169. The number of nitrogens with one attached hydrogen (secondary N) is 1. The number of hydrogen-bond acceptors (Lipinski definition) is 5. The van der Waals surface area contributed by atoms with Gasteiger partial charge in [-0.15, -0.1) is 11.3 Å². The van der Waals surface area contributed by atoms with E-state index in [4.69, 9.17) is 0 Å². The van der Waals surface area contributed by atoms with Crippen LogP contribution in [0.15, 0.2) is 17.8 Å². The summed E-state index contributed by atoms with van der Waals surface area (Å²) in [7, 11) is 0. The molecule has 2 aromatic rings. The van der Waals surface area contributed by atoms with E-state index in [1.165, 1.54) is 0 Å². The molecular formula is C10H11N3OS. The van der Waals surface area contributed by atoms with Crippen molar-refractivity contribution in [1.29, 1.82) is 0 Å². The van der Waals surface area contributed by atoms with Crippen LogP contribution in [0.2, 0.25) is 0 Å². The second kappa shape index (κ2) is 3.15. The molecule has 1 fully saturated rings. The molecule has 3 rings (SSSR count). The summed E-state index contributed by atoms with van der Waals surface area (Å²) in [5.74, 6) is 0.841. The van der Waals surface area contributed by atoms with E-state index in [2.05, 4.69) is 15.3 Å². The smallest absolute Gasteiger partial charge is 0.138 e. The lowest BCUT2D eigenvalue weighted by molar-refractivity contribution is 0.266. The van der Waals surface area contributed by atoms with Crippen molar-refractivity contribution < 1.29 is 5.11 Å². The summed E-state index contributed by atoms with van der Waals surface area (Å²) >= 11 is 1.60. The topological polar surface area (TPSA) is 58.0 Å². The lowest BCUT2D eigenvalue weighted by atomic mass is 10.2. The molecular weight excluding hydrogens is 210 g/mol. The summed E-state index contributed by atoms with van der Waals surface area (Å²) in [4.78, 5) is 9.40. The molecule has 0 aromatic carbocycles. The SMILES string of the molecule is OCC1(Nc2ncnc3sccc23)CC1. The maximum Gasteiger partial charge on any atom is 0.138 e. The van der Waals surface area contributed by atoms with Crippen LogP contribution in [0.5, 0.6) is 0 Å². The number of aromatic nitrogens is 2. The van der Waals surface area contributed by atoms with E-state index in [1.807, 2.05) is 11.4 Å². The molecule has 4 nitrogen and oxygen atoms in total. The van der Waals surface area contributed by atoms with E-state index >= 15 is 0 Å². The van der Waals surface area contributed by atoms with Crippen LogP contribution >= 0.6 is 11.3 Å². The molecule has 2 heterocycles. The van der Waals surface area contributed by atoms with Crippen molar-refractivity contribution in [3.63, 3.8) is 0 Å². The Balaban J connectivity index is 2.00. The van der Waals surface area contributed by atoms with Crippen molar-refractivity contribution in [3.8, 4) is 0 Å². The van der Waals surface area contributed by atoms with E-state index in [9.17, 15) is 5.11 Å². The second-order valence-electron chi connectivity index (χ2n) is 3.93. The zero-order valence-corrected chi connectivity index (χ0v) is 8.92. The van der Waals surface area contributed by atoms with Gasteiger partial charge < -0.3 is 10.4 Å². The van der Waals surface area contributed by atoms with Crippen LogP contribution in [0.4, 0.5) is 5.82 Å². The minimum atomic E-state index is -0.122. The predicted molar refractivity (Wildman–Crippen MR) is 60.1 cm³/mol. The highest BCUT2D eigenvalue weighted by Crippen LogP contribution is 2.39. The minimum absolute atomic E-state index is 0.122. The van der Waals surface area contributed by atoms with Crippen molar-refractivity contribution in [2.75, 3.05) is 11.9 Å². The van der Waals surface area contributed by atoms with E-state index in [1.54, 1.807) is 17.7 Å². The first-order valence-electron chi connectivity index (χ1n) is 4.90. The Hall–Kier alpha value is -1.20. The molecule has 0 atom stereocenters. The first-order chi connectivity index (χ1) is 7.33. The van der Waals surface area contributed by atoms with E-state index in [-0.39, 0.29) is 12.1 Å². The Morgan fingerprint density at radius 3 is 3.07 bits per heavy atom. The molecule has 0 radical (unpaired) electrons. The van der Waals surface area contributed by atoms with Gasteiger partial charge in [0.05, 0.1) is 17.5 Å². The van der Waals surface area contributed by atoms with Crippen LogP contribution in [0, 0.1) is 0 Å². The standard InChI is InChI=1S/C10H11N3OS/c14-5-10(2-3-10)13-8-7-1-4-15-9(7)12-6-11-8/h1,4,6,14H,2-3,5H2,(H,11,12,13). The number of aliphatic hydroxyl groups is 1. The summed E-state index contributed by atoms with van der Waals surface area (Å²) in [5, 5.41) is 15.6. The van der Waals surface area contributed by atoms with Crippen LogP contribution in [0.1, 0.15) is 12.8 Å². The lowest BCUT2D eigenvalue weighted by Crippen LogP contribution is -2.26. The van der Waals surface area contributed by atoms with Crippen LogP contribution in [0.25, 0.3) is 10.2 Å². The number of aliphatic hydroxyl groups excluding tert-OH is 1. The fourth-order valence-corrected chi connectivity index (χ4v) is 2.35. The van der Waals surface area contributed by atoms with Gasteiger partial charge in [-0.1, -0.05) is 0 Å². The van der Waals surface area contributed by atoms with Crippen LogP contribution in [0.3, 0.4) is 0 Å². The highest BCUT2D eigenvalue weighted by Gasteiger charge is 2.42. The summed E-state index contributed by atoms with van der Waals surface area (Å²) in [6.07, 6.45) is 3.59. The third kappa shape index (κ3) is 1.48. The molecule has 15 heavy (non-hydrogen) atoms. The number of rotatable bonds is 3. The monoisotopic (exact) mass is 221 g/mol. The zero-order chi connectivity index (χ0) is 10.3. The molecule has 78 valence electrons. The van der Waals surface area contributed by atoms with Gasteiger partial charge in [0, 0.05) is 0 Å². The quantitative estimate of drug-likeness (QED) is 0.827. The molecule has 0 unspecified atom stereocenters. The lowest BCUT2D eigenvalue weighted by Gasteiger charge is -2.15. The first-order valence-corrected chi connectivity index (χ1v) is 5.78. The number of thiophene rings is 1. The molecule has 0 aliphatic heterocycles. The molecule has 2 aromatic heterocycles. The second-order valence-corrected chi connectivity index (χ2v) is 4.82. The molecule has 0 bridgehead atoms. The van der Waals surface area contributed by atoms with Crippen molar-refractivity contribution in [2.45, 2.75) is 18.4 Å². The van der Waals surface area contributed by atoms with Gasteiger partial charge in [0.2, 0.25) is 0 Å². The van der Waals surface area contributed by atoms with Gasteiger partial charge in [-0.25, -0.2) is 9.97 Å². The van der Waals surface area contributed by atoms with Crippen LogP contribution < -0.4 is 5.32 Å². The third-order valence-electron chi connectivity index (χ3n) is 2.80. The summed E-state index contributed by atoms with van der Waals surface area (Å²) in [5.41, 5.74) is -0.122. The third-order valence-corrected chi connectivity index (χ3v) is 3.62. The van der Waals surface area contributed by atoms with Crippen LogP contribution in [-0.2, 0) is 0 Å². The number of fused-ring (bicyclic) bond motifs is 1. The molecule has 0 saturated heterocycles. The van der Waals surface area contributed by atoms with Crippen molar-refractivity contribution in [3.05, 3.63) is 17.8 Å². The van der Waals surface area contributed by atoms with Gasteiger partial charge in [-0.2, -0.15) is 0 Å². The Morgan fingerprint density at radius 1 is 1.47 bits per heavy atom. The molecule has 1 saturated carbocycles. The van der Waals surface area contributed by atoms with Gasteiger partial charge in [0.1, 0.15) is 17.0 Å². The molecule has 1 aliphatic carbocycles. The average Bonchev–Trinajstić information content (AvgIpc) is 2.87. The van der Waals surface area contributed by atoms with Crippen LogP contribution in [-0.4, -0.2) is 27.2 Å². The Bertz CT molecular complexity index is 492. The first kappa shape index (κ1) is 9.06. The Kier molecular flexibility index (Phi) is 1.90. The van der Waals surface area contributed by atoms with Gasteiger partial charge >= 0.3 is 0 Å². The number of anilines is 1. The highest BCUT2D eigenvalue weighted by atomic mass is 32.1. The minimum Gasteiger partial charge on any atom is -0.394 e. The van der Waals surface area contributed by atoms with Crippen molar-refractivity contribution in [1.82, 2.24) is 9.97 Å². The zero-order valence-electron chi connectivity index (χ0n) is 8.10. The highest BCUT2D eigenvalue weighted by molar-refractivity contribution is 7.16. The van der Waals surface area contributed by atoms with E-state index in [0.29, 0.717) is 0 Å². The molecule has 0 spiro atoms. The maximum atomic E-state index is 9.24. The molecule has 1 aliphatic rings. The van der Waals surface area contributed by atoms with E-state index < -0.39 is 0 Å². The fourth-order valence-electron chi connectivity index (χ4n) is 1.61. The molecule has 2 N–H and O–H groups in total. The number of hydrogen-bond donors (Lipinski definition) is 2. The predicted octanol–water partition coefficient (Wildman–Crippen LogP) is 1.63. The fraction of sp³-hybridized carbons (Fsp3) is 0.400. The maximum absolute atomic E-state index is 9.24. The van der Waals surface area contributed by atoms with Crippen molar-refractivity contribution >= 4 is 27.4 Å². The molecule has 0 amide bonds. The van der Waals surface area contributed by atoms with Gasteiger partial charge in [0.25, 0.3) is 0 Å².